The number of nitrogens with one attached hydrogen (secondary N) is 1. The van der Waals surface area contributed by atoms with E-state index in [0.717, 1.165) is 18.3 Å². The third-order valence-electron chi connectivity index (χ3n) is 4.87. The Morgan fingerprint density at radius 1 is 1.45 bits per heavy atom. The molecule has 1 aromatic rings. The van der Waals surface area contributed by atoms with Gasteiger partial charge in [-0.15, -0.1) is 0 Å². The SMILES string of the molecule is CCCC1CCC(NC)C(N(C)Cc2nccn2C)C1. The van der Waals surface area contributed by atoms with E-state index in [1.165, 1.54) is 32.1 Å². The van der Waals surface area contributed by atoms with Crippen molar-refractivity contribution in [3.05, 3.63) is 18.2 Å². The van der Waals surface area contributed by atoms with Crippen LogP contribution in [0.5, 0.6) is 0 Å². The minimum atomic E-state index is 0.619. The minimum Gasteiger partial charge on any atom is -0.337 e. The molecule has 4 heteroatoms. The molecule has 3 atom stereocenters. The lowest BCUT2D eigenvalue weighted by Gasteiger charge is -2.41. The van der Waals surface area contributed by atoms with E-state index in [9.17, 15) is 0 Å². The van der Waals surface area contributed by atoms with E-state index in [0.29, 0.717) is 12.1 Å². The molecule has 1 N–H and O–H groups in total. The Morgan fingerprint density at radius 2 is 2.25 bits per heavy atom. The van der Waals surface area contributed by atoms with E-state index in [-0.39, 0.29) is 0 Å². The van der Waals surface area contributed by atoms with Crippen LogP contribution in [0.15, 0.2) is 12.4 Å². The van der Waals surface area contributed by atoms with Crippen molar-refractivity contribution in [2.45, 2.75) is 57.7 Å². The van der Waals surface area contributed by atoms with Gasteiger partial charge in [0, 0.05) is 31.5 Å². The molecule has 1 fully saturated rings. The summed E-state index contributed by atoms with van der Waals surface area (Å²) in [5, 5.41) is 3.52. The van der Waals surface area contributed by atoms with Crippen molar-refractivity contribution in [1.82, 2.24) is 19.8 Å². The molecule has 1 saturated carbocycles. The molecule has 1 aliphatic carbocycles. The van der Waals surface area contributed by atoms with Gasteiger partial charge in [-0.25, -0.2) is 4.98 Å². The summed E-state index contributed by atoms with van der Waals surface area (Å²) in [6.07, 6.45) is 10.6. The summed E-state index contributed by atoms with van der Waals surface area (Å²) in [7, 11) is 6.43. The summed E-state index contributed by atoms with van der Waals surface area (Å²) in [6.45, 7) is 3.24. The van der Waals surface area contributed by atoms with Crippen LogP contribution in [0.2, 0.25) is 0 Å². The summed E-state index contributed by atoms with van der Waals surface area (Å²) < 4.78 is 2.12. The molecule has 0 amide bonds. The molecule has 0 aliphatic heterocycles. The standard InChI is InChI=1S/C16H30N4/c1-5-6-13-7-8-14(17-2)15(11-13)20(4)12-16-18-9-10-19(16)3/h9-10,13-15,17H,5-8,11-12H2,1-4H3. The number of hydrogen-bond acceptors (Lipinski definition) is 3. The maximum Gasteiger partial charge on any atom is 0.122 e. The summed E-state index contributed by atoms with van der Waals surface area (Å²) in [6, 6.07) is 1.25. The highest BCUT2D eigenvalue weighted by Gasteiger charge is 2.32. The molecular weight excluding hydrogens is 248 g/mol. The second-order valence-electron chi connectivity index (χ2n) is 6.30. The Bertz CT molecular complexity index is 401. The first-order valence-corrected chi connectivity index (χ1v) is 7.99. The lowest BCUT2D eigenvalue weighted by atomic mass is 9.79. The van der Waals surface area contributed by atoms with Crippen molar-refractivity contribution in [2.24, 2.45) is 13.0 Å². The predicted octanol–water partition coefficient (Wildman–Crippen LogP) is 2.41. The average Bonchev–Trinajstić information content (AvgIpc) is 2.84. The van der Waals surface area contributed by atoms with Crippen LogP contribution in [-0.4, -0.2) is 40.6 Å². The molecule has 0 radical (unpaired) electrons. The fourth-order valence-electron chi connectivity index (χ4n) is 3.61. The van der Waals surface area contributed by atoms with Crippen molar-refractivity contribution >= 4 is 0 Å². The lowest BCUT2D eigenvalue weighted by Crippen LogP contribution is -2.51. The molecule has 2 rings (SSSR count). The molecule has 4 nitrogen and oxygen atoms in total. The van der Waals surface area contributed by atoms with E-state index in [1.54, 1.807) is 0 Å². The van der Waals surface area contributed by atoms with Crippen LogP contribution in [0.25, 0.3) is 0 Å². The zero-order valence-electron chi connectivity index (χ0n) is 13.5. The second-order valence-corrected chi connectivity index (χ2v) is 6.30. The van der Waals surface area contributed by atoms with Crippen molar-refractivity contribution in [1.29, 1.82) is 0 Å². The van der Waals surface area contributed by atoms with Gasteiger partial charge in [-0.3, -0.25) is 4.90 Å². The van der Waals surface area contributed by atoms with Crippen LogP contribution in [0, 0.1) is 5.92 Å². The van der Waals surface area contributed by atoms with E-state index in [2.05, 4.69) is 47.8 Å². The van der Waals surface area contributed by atoms with Crippen molar-refractivity contribution < 1.29 is 0 Å². The van der Waals surface area contributed by atoms with Gasteiger partial charge in [0.25, 0.3) is 0 Å². The first-order chi connectivity index (χ1) is 9.65. The fourth-order valence-corrected chi connectivity index (χ4v) is 3.61. The van der Waals surface area contributed by atoms with Gasteiger partial charge in [-0.1, -0.05) is 19.8 Å². The monoisotopic (exact) mass is 278 g/mol. The van der Waals surface area contributed by atoms with E-state index >= 15 is 0 Å². The van der Waals surface area contributed by atoms with Crippen LogP contribution in [0.3, 0.4) is 0 Å². The molecule has 1 aromatic heterocycles. The number of rotatable bonds is 6. The summed E-state index contributed by atoms with van der Waals surface area (Å²) >= 11 is 0. The van der Waals surface area contributed by atoms with Crippen LogP contribution >= 0.6 is 0 Å². The third-order valence-corrected chi connectivity index (χ3v) is 4.87. The van der Waals surface area contributed by atoms with Gasteiger partial charge in [0.05, 0.1) is 6.54 Å². The number of likely N-dealkylation sites (N-methyl/N-ethyl adjacent to an activating group) is 2. The van der Waals surface area contributed by atoms with E-state index in [4.69, 9.17) is 0 Å². The summed E-state index contributed by atoms with van der Waals surface area (Å²) in [4.78, 5) is 6.95. The largest absolute Gasteiger partial charge is 0.337 e. The number of hydrogen-bond donors (Lipinski definition) is 1. The van der Waals surface area contributed by atoms with Crippen LogP contribution in [0.1, 0.15) is 44.9 Å². The van der Waals surface area contributed by atoms with E-state index in [1.807, 2.05) is 12.4 Å². The number of aryl methyl sites for hydroxylation is 1. The maximum absolute atomic E-state index is 4.46. The average molecular weight is 278 g/mol. The van der Waals surface area contributed by atoms with Gasteiger partial charge in [-0.2, -0.15) is 0 Å². The Kier molecular flexibility index (Phi) is 5.61. The number of nitrogens with zero attached hydrogens (tertiary/aromatic N) is 3. The molecule has 0 spiro atoms. The van der Waals surface area contributed by atoms with Crippen molar-refractivity contribution in [2.75, 3.05) is 14.1 Å². The number of aromatic nitrogens is 2. The van der Waals surface area contributed by atoms with Gasteiger partial charge >= 0.3 is 0 Å². The van der Waals surface area contributed by atoms with Gasteiger partial charge in [0.1, 0.15) is 5.82 Å². The van der Waals surface area contributed by atoms with Crippen LogP contribution in [-0.2, 0) is 13.6 Å². The van der Waals surface area contributed by atoms with Gasteiger partial charge < -0.3 is 9.88 Å². The highest BCUT2D eigenvalue weighted by Crippen LogP contribution is 2.31. The maximum atomic E-state index is 4.46. The van der Waals surface area contributed by atoms with Gasteiger partial charge in [-0.05, 0) is 39.3 Å². The lowest BCUT2D eigenvalue weighted by molar-refractivity contribution is 0.111. The van der Waals surface area contributed by atoms with E-state index < -0.39 is 0 Å². The normalized spacial score (nSPS) is 27.1. The molecule has 20 heavy (non-hydrogen) atoms. The zero-order chi connectivity index (χ0) is 14.5. The first-order valence-electron chi connectivity index (χ1n) is 7.99. The fraction of sp³-hybridized carbons (Fsp3) is 0.812. The molecule has 114 valence electrons. The van der Waals surface area contributed by atoms with Crippen LogP contribution in [0.4, 0.5) is 0 Å². The third kappa shape index (κ3) is 3.61. The summed E-state index contributed by atoms with van der Waals surface area (Å²) in [5.41, 5.74) is 0. The Hall–Kier alpha value is -0.870. The predicted molar refractivity (Wildman–Crippen MR) is 83.6 cm³/mol. The Morgan fingerprint density at radius 3 is 2.85 bits per heavy atom. The molecular formula is C16H30N4. The summed E-state index contributed by atoms with van der Waals surface area (Å²) in [5.74, 6) is 2.05. The minimum absolute atomic E-state index is 0.619. The number of imidazole rings is 1. The highest BCUT2D eigenvalue weighted by atomic mass is 15.2. The second kappa shape index (κ2) is 7.23. The first kappa shape index (κ1) is 15.5. The van der Waals surface area contributed by atoms with Gasteiger partial charge in [0.2, 0.25) is 0 Å². The Balaban J connectivity index is 2.00. The topological polar surface area (TPSA) is 33.1 Å². The molecule has 0 aromatic carbocycles. The van der Waals surface area contributed by atoms with Crippen LogP contribution < -0.4 is 5.32 Å². The molecule has 0 bridgehead atoms. The molecule has 0 saturated heterocycles. The molecule has 1 heterocycles. The molecule has 1 aliphatic rings. The van der Waals surface area contributed by atoms with Gasteiger partial charge in [0.15, 0.2) is 0 Å². The smallest absolute Gasteiger partial charge is 0.122 e. The van der Waals surface area contributed by atoms with Crippen molar-refractivity contribution in [3.8, 4) is 0 Å². The van der Waals surface area contributed by atoms with Crippen molar-refractivity contribution in [3.63, 3.8) is 0 Å². The highest BCUT2D eigenvalue weighted by molar-refractivity contribution is 4.95. The Labute approximate surface area is 123 Å². The quantitative estimate of drug-likeness (QED) is 0.867. The molecule has 3 unspecified atom stereocenters. The zero-order valence-corrected chi connectivity index (χ0v) is 13.5.